The van der Waals surface area contributed by atoms with E-state index < -0.39 is 5.97 Å². The fourth-order valence-corrected chi connectivity index (χ4v) is 2.32. The second-order valence-corrected chi connectivity index (χ2v) is 5.82. The van der Waals surface area contributed by atoms with Gasteiger partial charge in [-0.25, -0.2) is 0 Å². The molecule has 0 spiro atoms. The number of carboxylic acids is 1. The molecule has 0 saturated heterocycles. The highest BCUT2D eigenvalue weighted by Crippen LogP contribution is 2.15. The molecule has 0 radical (unpaired) electrons. The first-order valence-electron chi connectivity index (χ1n) is 6.92. The average molecular weight is 362 g/mol. The Labute approximate surface area is 137 Å². The summed E-state index contributed by atoms with van der Waals surface area (Å²) in [6.07, 6.45) is 1.41. The number of halogens is 1. The van der Waals surface area contributed by atoms with Crippen LogP contribution in [0.25, 0.3) is 0 Å². The molecule has 0 unspecified atom stereocenters. The molecule has 2 N–H and O–H groups in total. The Hall–Kier alpha value is -2.14. The van der Waals surface area contributed by atoms with Gasteiger partial charge in [-0.05, 0) is 54.8 Å². The molecule has 5 heteroatoms. The van der Waals surface area contributed by atoms with Gasteiger partial charge in [0.2, 0.25) is 0 Å². The van der Waals surface area contributed by atoms with Crippen LogP contribution in [0.5, 0.6) is 0 Å². The van der Waals surface area contributed by atoms with Crippen LogP contribution in [0.3, 0.4) is 0 Å². The molecule has 0 heterocycles. The molecule has 0 saturated carbocycles. The van der Waals surface area contributed by atoms with E-state index in [4.69, 9.17) is 5.11 Å². The van der Waals surface area contributed by atoms with Crippen LogP contribution in [0.4, 0.5) is 5.69 Å². The van der Waals surface area contributed by atoms with Crippen molar-refractivity contribution in [3.8, 4) is 0 Å². The molecule has 0 aliphatic carbocycles. The Balaban J connectivity index is 1.99. The van der Waals surface area contributed by atoms with Gasteiger partial charge in [-0.1, -0.05) is 28.1 Å². The van der Waals surface area contributed by atoms with Gasteiger partial charge in [-0.3, -0.25) is 9.59 Å². The van der Waals surface area contributed by atoms with E-state index in [1.54, 1.807) is 12.1 Å². The standard InChI is InChI=1S/C17H16BrNO3/c18-14-9-7-13(8-10-14)17(22)19-15-5-1-3-12(11-15)4-2-6-16(20)21/h1,3,5,7-11H,2,4,6H2,(H,19,22)(H,20,21). The monoisotopic (exact) mass is 361 g/mol. The minimum Gasteiger partial charge on any atom is -0.481 e. The van der Waals surface area contributed by atoms with E-state index in [1.807, 2.05) is 36.4 Å². The number of aryl methyl sites for hydroxylation is 1. The summed E-state index contributed by atoms with van der Waals surface area (Å²) in [7, 11) is 0. The molecule has 2 aromatic rings. The van der Waals surface area contributed by atoms with Crippen LogP contribution in [0, 0.1) is 0 Å². The van der Waals surface area contributed by atoms with Gasteiger partial charge >= 0.3 is 5.97 Å². The van der Waals surface area contributed by atoms with Gasteiger partial charge in [0, 0.05) is 22.1 Å². The molecule has 114 valence electrons. The second kappa shape index (κ2) is 7.75. The van der Waals surface area contributed by atoms with Crippen LogP contribution >= 0.6 is 15.9 Å². The number of nitrogens with one attached hydrogen (secondary N) is 1. The first-order valence-corrected chi connectivity index (χ1v) is 7.71. The van der Waals surface area contributed by atoms with E-state index in [1.165, 1.54) is 0 Å². The lowest BCUT2D eigenvalue weighted by atomic mass is 10.1. The predicted molar refractivity (Wildman–Crippen MR) is 89.1 cm³/mol. The van der Waals surface area contributed by atoms with Crippen molar-refractivity contribution in [3.05, 3.63) is 64.1 Å². The van der Waals surface area contributed by atoms with E-state index in [9.17, 15) is 9.59 Å². The summed E-state index contributed by atoms with van der Waals surface area (Å²) in [6.45, 7) is 0. The highest BCUT2D eigenvalue weighted by Gasteiger charge is 2.06. The van der Waals surface area contributed by atoms with Gasteiger partial charge in [0.1, 0.15) is 0 Å². The van der Waals surface area contributed by atoms with Crippen molar-refractivity contribution in [1.82, 2.24) is 0 Å². The third-order valence-corrected chi connectivity index (χ3v) is 3.68. The molecule has 0 bridgehead atoms. The van der Waals surface area contributed by atoms with Crippen LogP contribution < -0.4 is 5.32 Å². The zero-order chi connectivity index (χ0) is 15.9. The summed E-state index contributed by atoms with van der Waals surface area (Å²) in [5.74, 6) is -0.963. The van der Waals surface area contributed by atoms with Gasteiger partial charge in [-0.2, -0.15) is 0 Å². The third-order valence-electron chi connectivity index (χ3n) is 3.15. The van der Waals surface area contributed by atoms with E-state index in [2.05, 4.69) is 21.2 Å². The van der Waals surface area contributed by atoms with E-state index >= 15 is 0 Å². The van der Waals surface area contributed by atoms with Gasteiger partial charge in [-0.15, -0.1) is 0 Å². The number of carbonyl (C=O) groups excluding carboxylic acids is 1. The van der Waals surface area contributed by atoms with Gasteiger partial charge < -0.3 is 10.4 Å². The molecule has 0 aromatic heterocycles. The summed E-state index contributed by atoms with van der Waals surface area (Å²) >= 11 is 3.33. The number of rotatable bonds is 6. The fourth-order valence-electron chi connectivity index (χ4n) is 2.05. The first-order chi connectivity index (χ1) is 10.5. The molecule has 0 aliphatic heterocycles. The Morgan fingerprint density at radius 2 is 1.82 bits per heavy atom. The van der Waals surface area contributed by atoms with Crippen molar-refractivity contribution in [1.29, 1.82) is 0 Å². The molecule has 4 nitrogen and oxygen atoms in total. The normalized spacial score (nSPS) is 10.2. The minimum absolute atomic E-state index is 0.148. The number of amides is 1. The lowest BCUT2D eigenvalue weighted by Crippen LogP contribution is -2.11. The number of aliphatic carboxylic acids is 1. The van der Waals surface area contributed by atoms with Crippen molar-refractivity contribution in [2.24, 2.45) is 0 Å². The molecule has 2 rings (SSSR count). The number of hydrogen-bond donors (Lipinski definition) is 2. The van der Waals surface area contributed by atoms with E-state index in [-0.39, 0.29) is 12.3 Å². The summed E-state index contributed by atoms with van der Waals surface area (Å²) in [5, 5.41) is 11.5. The minimum atomic E-state index is -0.792. The van der Waals surface area contributed by atoms with Crippen LogP contribution in [-0.2, 0) is 11.2 Å². The van der Waals surface area contributed by atoms with Crippen LogP contribution in [-0.4, -0.2) is 17.0 Å². The molecule has 22 heavy (non-hydrogen) atoms. The largest absolute Gasteiger partial charge is 0.481 e. The number of carbonyl (C=O) groups is 2. The fraction of sp³-hybridized carbons (Fsp3) is 0.176. The van der Waals surface area contributed by atoms with Crippen molar-refractivity contribution in [3.63, 3.8) is 0 Å². The highest BCUT2D eigenvalue weighted by atomic mass is 79.9. The maximum absolute atomic E-state index is 12.1. The Kier molecular flexibility index (Phi) is 5.72. The Bertz CT molecular complexity index is 668. The zero-order valence-electron chi connectivity index (χ0n) is 11.9. The van der Waals surface area contributed by atoms with Crippen LogP contribution in [0.1, 0.15) is 28.8 Å². The van der Waals surface area contributed by atoms with Gasteiger partial charge in [0.15, 0.2) is 0 Å². The molecule has 0 fully saturated rings. The highest BCUT2D eigenvalue weighted by molar-refractivity contribution is 9.10. The number of carboxylic acid groups (broad SMARTS) is 1. The molecular weight excluding hydrogens is 346 g/mol. The van der Waals surface area contributed by atoms with Crippen molar-refractivity contribution in [2.45, 2.75) is 19.3 Å². The molecular formula is C17H16BrNO3. The molecule has 2 aromatic carbocycles. The quantitative estimate of drug-likeness (QED) is 0.813. The van der Waals surface area contributed by atoms with Crippen LogP contribution in [0.2, 0.25) is 0 Å². The second-order valence-electron chi connectivity index (χ2n) is 4.91. The van der Waals surface area contributed by atoms with Crippen molar-refractivity contribution < 1.29 is 14.7 Å². The predicted octanol–water partition coefficient (Wildman–Crippen LogP) is 4.11. The summed E-state index contributed by atoms with van der Waals surface area (Å²) in [4.78, 5) is 22.7. The van der Waals surface area contributed by atoms with E-state index in [0.717, 1.165) is 10.0 Å². The zero-order valence-corrected chi connectivity index (χ0v) is 13.5. The number of benzene rings is 2. The van der Waals surface area contributed by atoms with Crippen molar-refractivity contribution >= 4 is 33.5 Å². The Morgan fingerprint density at radius 1 is 1.09 bits per heavy atom. The van der Waals surface area contributed by atoms with Gasteiger partial charge in [0.25, 0.3) is 5.91 Å². The molecule has 1 amide bonds. The Morgan fingerprint density at radius 3 is 2.50 bits per heavy atom. The third kappa shape index (κ3) is 5.00. The van der Waals surface area contributed by atoms with Crippen molar-refractivity contribution in [2.75, 3.05) is 5.32 Å². The first kappa shape index (κ1) is 16.2. The smallest absolute Gasteiger partial charge is 0.303 e. The SMILES string of the molecule is O=C(O)CCCc1cccc(NC(=O)c2ccc(Br)cc2)c1. The summed E-state index contributed by atoms with van der Waals surface area (Å²) in [6, 6.07) is 14.6. The lowest BCUT2D eigenvalue weighted by molar-refractivity contribution is -0.137. The average Bonchev–Trinajstić information content (AvgIpc) is 2.48. The molecule has 0 aliphatic rings. The number of hydrogen-bond acceptors (Lipinski definition) is 2. The summed E-state index contributed by atoms with van der Waals surface area (Å²) in [5.41, 5.74) is 2.30. The number of anilines is 1. The lowest BCUT2D eigenvalue weighted by Gasteiger charge is -2.07. The summed E-state index contributed by atoms with van der Waals surface area (Å²) < 4.78 is 0.921. The van der Waals surface area contributed by atoms with Gasteiger partial charge in [0.05, 0.1) is 0 Å². The maximum Gasteiger partial charge on any atom is 0.303 e. The van der Waals surface area contributed by atoms with E-state index in [0.29, 0.717) is 24.1 Å². The molecule has 0 atom stereocenters. The van der Waals surface area contributed by atoms with Crippen LogP contribution in [0.15, 0.2) is 53.0 Å². The topological polar surface area (TPSA) is 66.4 Å². The maximum atomic E-state index is 12.1.